The summed E-state index contributed by atoms with van der Waals surface area (Å²) in [7, 11) is 3.26. The average Bonchev–Trinajstić information content (AvgIpc) is 2.64. The number of esters is 1. The summed E-state index contributed by atoms with van der Waals surface area (Å²) in [5, 5.41) is 2.52. The van der Waals surface area contributed by atoms with Gasteiger partial charge in [0.25, 0.3) is 0 Å². The number of halogens is 3. The molecule has 1 unspecified atom stereocenters. The van der Waals surface area contributed by atoms with E-state index < -0.39 is 29.8 Å². The van der Waals surface area contributed by atoms with Crippen molar-refractivity contribution in [1.82, 2.24) is 15.1 Å². The van der Waals surface area contributed by atoms with E-state index in [0.717, 1.165) is 6.07 Å². The number of alkyl halides is 3. The van der Waals surface area contributed by atoms with Crippen LogP contribution in [0.1, 0.15) is 31.0 Å². The second kappa shape index (κ2) is 8.64. The Hall–Kier alpha value is -2.55. The minimum atomic E-state index is -4.63. The Morgan fingerprint density at radius 3 is 2.50 bits per heavy atom. The normalized spacial score (nSPS) is 17.8. The van der Waals surface area contributed by atoms with Crippen LogP contribution in [0, 0.1) is 0 Å². The quantitative estimate of drug-likeness (QED) is 0.747. The molecule has 0 aromatic heterocycles. The van der Waals surface area contributed by atoms with Gasteiger partial charge < -0.3 is 15.0 Å². The Labute approximate surface area is 161 Å². The SMILES string of the molecule is CCOC(=O)C1=C(CN(C)CC)N(C)C(=O)NC1c1ccccc1C(F)(F)F. The largest absolute Gasteiger partial charge is 0.463 e. The van der Waals surface area contributed by atoms with Crippen LogP contribution >= 0.6 is 0 Å². The molecule has 1 aromatic rings. The third-order valence-corrected chi connectivity index (χ3v) is 4.61. The molecule has 0 bridgehead atoms. The van der Waals surface area contributed by atoms with Gasteiger partial charge in [0, 0.05) is 19.3 Å². The number of urea groups is 1. The molecule has 1 aliphatic heterocycles. The van der Waals surface area contributed by atoms with Crippen molar-refractivity contribution < 1.29 is 27.5 Å². The molecule has 0 saturated carbocycles. The summed E-state index contributed by atoms with van der Waals surface area (Å²) in [6.07, 6.45) is -4.63. The monoisotopic (exact) mass is 399 g/mol. The first-order chi connectivity index (χ1) is 13.1. The van der Waals surface area contributed by atoms with Crippen molar-refractivity contribution in [1.29, 1.82) is 0 Å². The van der Waals surface area contributed by atoms with Gasteiger partial charge in [0.05, 0.1) is 23.8 Å². The Morgan fingerprint density at radius 1 is 1.29 bits per heavy atom. The first-order valence-corrected chi connectivity index (χ1v) is 8.90. The van der Waals surface area contributed by atoms with Crippen LogP contribution in [0.25, 0.3) is 0 Å². The zero-order valence-electron chi connectivity index (χ0n) is 16.3. The molecule has 9 heteroatoms. The fourth-order valence-corrected chi connectivity index (χ4v) is 3.01. The number of benzene rings is 1. The summed E-state index contributed by atoms with van der Waals surface area (Å²) in [5.41, 5.74) is -0.791. The van der Waals surface area contributed by atoms with E-state index in [1.807, 2.05) is 11.8 Å². The second-order valence-corrected chi connectivity index (χ2v) is 6.44. The molecule has 0 fully saturated rings. The van der Waals surface area contributed by atoms with Crippen molar-refractivity contribution in [2.45, 2.75) is 26.1 Å². The molecule has 28 heavy (non-hydrogen) atoms. The summed E-state index contributed by atoms with van der Waals surface area (Å²) in [6.45, 7) is 4.40. The summed E-state index contributed by atoms with van der Waals surface area (Å²) in [4.78, 5) is 28.3. The second-order valence-electron chi connectivity index (χ2n) is 6.44. The first kappa shape index (κ1) is 21.7. The molecule has 2 rings (SSSR count). The molecule has 0 saturated heterocycles. The summed E-state index contributed by atoms with van der Waals surface area (Å²) in [6, 6.07) is 3.05. The zero-order valence-corrected chi connectivity index (χ0v) is 16.3. The third-order valence-electron chi connectivity index (χ3n) is 4.61. The zero-order chi connectivity index (χ0) is 21.1. The predicted molar refractivity (Wildman–Crippen MR) is 97.3 cm³/mol. The molecule has 0 spiro atoms. The van der Waals surface area contributed by atoms with E-state index in [0.29, 0.717) is 12.2 Å². The Kier molecular flexibility index (Phi) is 6.71. The van der Waals surface area contributed by atoms with Crippen molar-refractivity contribution in [3.8, 4) is 0 Å². The minimum absolute atomic E-state index is 0.000880. The molecule has 6 nitrogen and oxygen atoms in total. The third kappa shape index (κ3) is 4.46. The fourth-order valence-electron chi connectivity index (χ4n) is 3.01. The topological polar surface area (TPSA) is 61.9 Å². The number of hydrogen-bond donors (Lipinski definition) is 1. The van der Waals surface area contributed by atoms with Crippen molar-refractivity contribution in [2.24, 2.45) is 0 Å². The lowest BCUT2D eigenvalue weighted by Gasteiger charge is -2.36. The molecule has 0 radical (unpaired) electrons. The van der Waals surface area contributed by atoms with Gasteiger partial charge >= 0.3 is 18.2 Å². The van der Waals surface area contributed by atoms with Gasteiger partial charge in [-0.15, -0.1) is 0 Å². The van der Waals surface area contributed by atoms with Crippen LogP contribution in [0.3, 0.4) is 0 Å². The van der Waals surface area contributed by atoms with Gasteiger partial charge in [-0.2, -0.15) is 13.2 Å². The van der Waals surface area contributed by atoms with E-state index in [9.17, 15) is 22.8 Å². The molecule has 1 heterocycles. The number of nitrogens with zero attached hydrogens (tertiary/aromatic N) is 2. The smallest absolute Gasteiger partial charge is 0.416 e. The van der Waals surface area contributed by atoms with Crippen molar-refractivity contribution in [3.05, 3.63) is 46.7 Å². The molecule has 1 atom stereocenters. The van der Waals surface area contributed by atoms with Gasteiger partial charge in [-0.05, 0) is 32.1 Å². The fraction of sp³-hybridized carbons (Fsp3) is 0.474. The number of carbonyl (C=O) groups excluding carboxylic acids is 2. The van der Waals surface area contributed by atoms with E-state index in [-0.39, 0.29) is 24.3 Å². The van der Waals surface area contributed by atoms with E-state index in [1.54, 1.807) is 14.0 Å². The summed E-state index contributed by atoms with van der Waals surface area (Å²) in [5.74, 6) is -0.754. The number of hydrogen-bond acceptors (Lipinski definition) is 4. The van der Waals surface area contributed by atoms with Gasteiger partial charge in [0.15, 0.2) is 0 Å². The highest BCUT2D eigenvalue weighted by Gasteiger charge is 2.42. The minimum Gasteiger partial charge on any atom is -0.463 e. The van der Waals surface area contributed by atoms with Crippen molar-refractivity contribution in [2.75, 3.05) is 33.8 Å². The summed E-state index contributed by atoms with van der Waals surface area (Å²) >= 11 is 0. The molecule has 2 amide bonds. The molecular formula is C19H24F3N3O3. The van der Waals surface area contributed by atoms with Crippen LogP contribution in [0.5, 0.6) is 0 Å². The summed E-state index contributed by atoms with van der Waals surface area (Å²) < 4.78 is 45.8. The average molecular weight is 399 g/mol. The molecule has 1 aliphatic rings. The number of likely N-dealkylation sites (N-methyl/N-ethyl adjacent to an activating group) is 2. The van der Waals surface area contributed by atoms with Gasteiger partial charge in [0.2, 0.25) is 0 Å². The lowest BCUT2D eigenvalue weighted by atomic mass is 9.91. The van der Waals surface area contributed by atoms with Gasteiger partial charge in [-0.3, -0.25) is 4.90 Å². The molecule has 154 valence electrons. The van der Waals surface area contributed by atoms with Crippen LogP contribution in [-0.4, -0.2) is 55.6 Å². The lowest BCUT2D eigenvalue weighted by molar-refractivity contribution is -0.141. The Morgan fingerprint density at radius 2 is 1.93 bits per heavy atom. The highest BCUT2D eigenvalue weighted by Crippen LogP contribution is 2.39. The molecule has 1 aromatic carbocycles. The highest BCUT2D eigenvalue weighted by molar-refractivity contribution is 5.95. The number of amides is 2. The maximum Gasteiger partial charge on any atom is 0.416 e. The van der Waals surface area contributed by atoms with Crippen molar-refractivity contribution in [3.63, 3.8) is 0 Å². The number of nitrogens with one attached hydrogen (secondary N) is 1. The van der Waals surface area contributed by atoms with Gasteiger partial charge in [-0.1, -0.05) is 25.1 Å². The maximum absolute atomic E-state index is 13.6. The highest BCUT2D eigenvalue weighted by atomic mass is 19.4. The van der Waals surface area contributed by atoms with Crippen LogP contribution in [-0.2, 0) is 15.7 Å². The Bertz CT molecular complexity index is 777. The standard InChI is InChI=1S/C19H24F3N3O3/c1-5-24(3)11-14-15(17(26)28-6-2)16(23-18(27)25(14)4)12-9-7-8-10-13(12)19(20,21)22/h7-10,16H,5-6,11H2,1-4H3,(H,23,27). The van der Waals surface area contributed by atoms with Gasteiger partial charge in [-0.25, -0.2) is 9.59 Å². The first-order valence-electron chi connectivity index (χ1n) is 8.90. The number of ether oxygens (including phenoxy) is 1. The lowest BCUT2D eigenvalue weighted by Crippen LogP contribution is -2.49. The maximum atomic E-state index is 13.6. The van der Waals surface area contributed by atoms with Crippen molar-refractivity contribution >= 4 is 12.0 Å². The van der Waals surface area contributed by atoms with E-state index >= 15 is 0 Å². The van der Waals surface area contributed by atoms with E-state index in [2.05, 4.69) is 5.32 Å². The van der Waals surface area contributed by atoms with E-state index in [1.165, 1.54) is 30.1 Å². The molecule has 1 N–H and O–H groups in total. The number of rotatable bonds is 6. The number of carbonyl (C=O) groups is 2. The van der Waals surface area contributed by atoms with Crippen LogP contribution in [0.15, 0.2) is 35.5 Å². The van der Waals surface area contributed by atoms with Crippen LogP contribution < -0.4 is 5.32 Å². The predicted octanol–water partition coefficient (Wildman–Crippen LogP) is 3.17. The van der Waals surface area contributed by atoms with Crippen LogP contribution in [0.2, 0.25) is 0 Å². The van der Waals surface area contributed by atoms with Gasteiger partial charge in [0.1, 0.15) is 0 Å². The van der Waals surface area contributed by atoms with E-state index in [4.69, 9.17) is 4.74 Å². The molecular weight excluding hydrogens is 375 g/mol. The van der Waals surface area contributed by atoms with Crippen LogP contribution in [0.4, 0.5) is 18.0 Å². The molecule has 0 aliphatic carbocycles. The Balaban J connectivity index is 2.71.